The number of aliphatic imine (C=N–C) groups is 2. The van der Waals surface area contributed by atoms with Crippen LogP contribution in [0.25, 0.3) is 0 Å². The zero-order chi connectivity index (χ0) is 23.9. The lowest BCUT2D eigenvalue weighted by molar-refractivity contribution is 0.305. The highest BCUT2D eigenvalue weighted by atomic mass is 32.3. The number of nitrogens with zero attached hydrogens (tertiary/aromatic N) is 3. The number of guanidine groups is 2. The summed E-state index contributed by atoms with van der Waals surface area (Å²) in [5.41, 5.74) is 12.1. The van der Waals surface area contributed by atoms with Gasteiger partial charge in [0, 0.05) is 0 Å². The van der Waals surface area contributed by atoms with E-state index in [1.54, 1.807) is 36.1 Å². The number of hydrogen-bond donors (Lipinski definition) is 3. The first kappa shape index (κ1) is 23.2. The molecule has 0 unspecified atom stereocenters. The van der Waals surface area contributed by atoms with Crippen molar-refractivity contribution in [3.05, 3.63) is 54.1 Å². The number of aryl methyl sites for hydroxylation is 1. The van der Waals surface area contributed by atoms with E-state index in [1.165, 1.54) is 24.3 Å². The number of sulfonamides is 2. The number of rotatable bonds is 5. The minimum Gasteiger partial charge on any atom is -0.369 e. The molecule has 0 bridgehead atoms. The molecule has 33 heavy (non-hydrogen) atoms. The summed E-state index contributed by atoms with van der Waals surface area (Å²) in [7, 11) is -8.88. The van der Waals surface area contributed by atoms with E-state index in [1.807, 2.05) is 4.13 Å². The molecule has 0 atom stereocenters. The third-order valence-corrected chi connectivity index (χ3v) is 9.32. The molecule has 0 saturated heterocycles. The third-order valence-electron chi connectivity index (χ3n) is 5.77. The van der Waals surface area contributed by atoms with Gasteiger partial charge in [0.2, 0.25) is 11.9 Å². The van der Waals surface area contributed by atoms with Crippen molar-refractivity contribution in [2.24, 2.45) is 21.5 Å². The van der Waals surface area contributed by atoms with Gasteiger partial charge in [0.25, 0.3) is 20.0 Å². The Morgan fingerprint density at radius 3 is 2.33 bits per heavy atom. The Labute approximate surface area is 193 Å². The van der Waals surface area contributed by atoms with Gasteiger partial charge < -0.3 is 11.5 Å². The van der Waals surface area contributed by atoms with Crippen molar-refractivity contribution in [2.45, 2.75) is 54.5 Å². The summed E-state index contributed by atoms with van der Waals surface area (Å²) in [5, 5.41) is 0. The van der Waals surface area contributed by atoms with E-state index in [0.717, 1.165) is 19.3 Å². The van der Waals surface area contributed by atoms with Crippen LogP contribution in [0.15, 0.2) is 68.3 Å². The molecule has 0 aromatic heterocycles. The van der Waals surface area contributed by atoms with Crippen LogP contribution >= 0.6 is 0 Å². The van der Waals surface area contributed by atoms with Gasteiger partial charge in [-0.25, -0.2) is 21.8 Å². The highest BCUT2D eigenvalue weighted by Gasteiger charge is 2.44. The molecule has 0 radical (unpaired) electrons. The molecule has 1 fully saturated rings. The quantitative estimate of drug-likeness (QED) is 0.575. The fourth-order valence-electron chi connectivity index (χ4n) is 4.36. The molecule has 2 aromatic carbocycles. The monoisotopic (exact) mass is 490 g/mol. The third kappa shape index (κ3) is 4.45. The minimum atomic E-state index is -4.52. The Morgan fingerprint density at radius 1 is 0.939 bits per heavy atom. The molecule has 2 aliphatic rings. The molecule has 1 aliphatic carbocycles. The second-order valence-corrected chi connectivity index (χ2v) is 11.8. The summed E-state index contributed by atoms with van der Waals surface area (Å²) < 4.78 is 54.3. The summed E-state index contributed by atoms with van der Waals surface area (Å²) in [6, 6.07) is 12.0. The second-order valence-electron chi connectivity index (χ2n) is 8.19. The molecule has 12 heteroatoms. The van der Waals surface area contributed by atoms with Crippen molar-refractivity contribution in [3.8, 4) is 0 Å². The average Bonchev–Trinajstić information content (AvgIpc) is 2.73. The summed E-state index contributed by atoms with van der Waals surface area (Å²) in [4.78, 5) is 9.78. The largest absolute Gasteiger partial charge is 0.369 e. The molecular formula is C21H26N6O4S2. The van der Waals surface area contributed by atoms with Gasteiger partial charge in [-0.3, -0.25) is 4.90 Å². The fourth-order valence-corrected chi connectivity index (χ4v) is 7.55. The van der Waals surface area contributed by atoms with Gasteiger partial charge >= 0.3 is 0 Å². The Bertz CT molecular complexity index is 1350. The van der Waals surface area contributed by atoms with Crippen LogP contribution in [-0.2, 0) is 20.0 Å². The van der Waals surface area contributed by atoms with Crippen LogP contribution < -0.4 is 20.5 Å². The maximum absolute atomic E-state index is 13.4. The van der Waals surface area contributed by atoms with E-state index < -0.39 is 25.7 Å². The minimum absolute atomic E-state index is 0.00795. The predicted molar refractivity (Wildman–Crippen MR) is 127 cm³/mol. The Kier molecular flexibility index (Phi) is 5.93. The highest BCUT2D eigenvalue weighted by Crippen LogP contribution is 2.41. The first-order valence-corrected chi connectivity index (χ1v) is 13.4. The lowest BCUT2D eigenvalue weighted by atomic mass is 9.87. The molecule has 0 amide bonds. The van der Waals surface area contributed by atoms with E-state index in [4.69, 9.17) is 11.5 Å². The molecule has 1 saturated carbocycles. The summed E-state index contributed by atoms with van der Waals surface area (Å²) in [6.45, 7) is 1.72. The van der Waals surface area contributed by atoms with Gasteiger partial charge in [-0.2, -0.15) is 4.99 Å². The second kappa shape index (κ2) is 8.43. The smallest absolute Gasteiger partial charge is 0.255 e. The van der Waals surface area contributed by atoms with Crippen LogP contribution in [-0.4, -0.2) is 34.4 Å². The summed E-state index contributed by atoms with van der Waals surface area (Å²) in [6.07, 6.45) is 3.93. The van der Waals surface area contributed by atoms with E-state index in [9.17, 15) is 16.8 Å². The Morgan fingerprint density at radius 2 is 1.64 bits per heavy atom. The van der Waals surface area contributed by atoms with Crippen molar-refractivity contribution < 1.29 is 16.8 Å². The van der Waals surface area contributed by atoms with E-state index in [2.05, 4.69) is 9.98 Å². The first-order chi connectivity index (χ1) is 15.5. The van der Waals surface area contributed by atoms with E-state index in [-0.39, 0.29) is 27.4 Å². The topological polar surface area (TPSA) is 160 Å². The van der Waals surface area contributed by atoms with Crippen molar-refractivity contribution in [2.75, 3.05) is 4.90 Å². The van der Waals surface area contributed by atoms with Crippen LogP contribution in [0.5, 0.6) is 0 Å². The fraction of sp³-hybridized carbons (Fsp3) is 0.333. The molecule has 2 aromatic rings. The number of para-hydroxylation sites is 1. The predicted octanol–water partition coefficient (Wildman–Crippen LogP) is 1.77. The normalized spacial score (nSPS) is 18.6. The van der Waals surface area contributed by atoms with Crippen LogP contribution in [0.3, 0.4) is 0 Å². The standard InChI is InChI=1S/C21H26N6O4S2/c1-15-8-7-9-16(14-15)32(28,29)26-33(30,31)18-11-4-3-10-17(18)27-20(23)24-19(22)25-21(27)12-5-2-6-13-21/h3-4,7-11,14,26H,2,5-6,12-13H2,1H3,(H4,22,23,24,25). The number of anilines is 1. The first-order valence-electron chi connectivity index (χ1n) is 10.5. The van der Waals surface area contributed by atoms with Gasteiger partial charge in [0.05, 0.1) is 10.6 Å². The zero-order valence-electron chi connectivity index (χ0n) is 18.1. The molecule has 1 aliphatic heterocycles. The molecule has 4 rings (SSSR count). The van der Waals surface area contributed by atoms with Crippen molar-refractivity contribution >= 4 is 37.7 Å². The molecule has 10 nitrogen and oxygen atoms in total. The maximum atomic E-state index is 13.4. The van der Waals surface area contributed by atoms with Crippen LogP contribution in [0.4, 0.5) is 5.69 Å². The average molecular weight is 491 g/mol. The SMILES string of the molecule is Cc1cccc(S(=O)(=O)NS(=O)(=O)c2ccccc2N2C(N)=NC(N)=NC23CCCCC3)c1. The van der Waals surface area contributed by atoms with Gasteiger partial charge in [-0.05, 0) is 62.4 Å². The molecule has 1 heterocycles. The van der Waals surface area contributed by atoms with Crippen LogP contribution in [0, 0.1) is 6.92 Å². The number of hydrogen-bond acceptors (Lipinski definition) is 9. The van der Waals surface area contributed by atoms with Crippen molar-refractivity contribution in [1.82, 2.24) is 4.13 Å². The number of nitrogens with two attached hydrogens (primary N) is 2. The molecular weight excluding hydrogens is 464 g/mol. The number of benzene rings is 2. The lowest BCUT2D eigenvalue weighted by Crippen LogP contribution is -2.58. The van der Waals surface area contributed by atoms with Gasteiger partial charge in [0.15, 0.2) is 0 Å². The summed E-state index contributed by atoms with van der Waals surface area (Å²) in [5.74, 6) is 0.0414. The number of nitrogens with one attached hydrogen (secondary N) is 1. The molecule has 176 valence electrons. The van der Waals surface area contributed by atoms with Gasteiger partial charge in [-0.15, -0.1) is 4.13 Å². The van der Waals surface area contributed by atoms with Crippen molar-refractivity contribution in [1.29, 1.82) is 0 Å². The van der Waals surface area contributed by atoms with Crippen LogP contribution in [0.2, 0.25) is 0 Å². The van der Waals surface area contributed by atoms with Gasteiger partial charge in [-0.1, -0.05) is 30.7 Å². The molecule has 5 N–H and O–H groups in total. The highest BCUT2D eigenvalue weighted by molar-refractivity contribution is 8.04. The van der Waals surface area contributed by atoms with Crippen LogP contribution in [0.1, 0.15) is 37.7 Å². The lowest BCUT2D eigenvalue weighted by Gasteiger charge is -2.46. The van der Waals surface area contributed by atoms with E-state index >= 15 is 0 Å². The molecule has 1 spiro atoms. The summed E-state index contributed by atoms with van der Waals surface area (Å²) >= 11 is 0. The van der Waals surface area contributed by atoms with E-state index in [0.29, 0.717) is 18.4 Å². The van der Waals surface area contributed by atoms with Gasteiger partial charge in [0.1, 0.15) is 10.6 Å². The zero-order valence-corrected chi connectivity index (χ0v) is 19.7. The Hall–Kier alpha value is -2.96. The Balaban J connectivity index is 1.79. The maximum Gasteiger partial charge on any atom is 0.255 e. The van der Waals surface area contributed by atoms with Crippen molar-refractivity contribution in [3.63, 3.8) is 0 Å².